The van der Waals surface area contributed by atoms with Gasteiger partial charge in [0, 0.05) is 54.4 Å². The Balaban J connectivity index is 1.16. The third-order valence-corrected chi connectivity index (χ3v) is 8.88. The number of aromatic nitrogens is 5. The van der Waals surface area contributed by atoms with Crippen molar-refractivity contribution in [3.05, 3.63) is 78.4 Å². The van der Waals surface area contributed by atoms with Crippen molar-refractivity contribution < 1.29 is 32.2 Å². The molecule has 6 rings (SSSR count). The molecule has 3 aromatic heterocycles. The maximum absolute atomic E-state index is 14.3. The molecule has 0 unspecified atom stereocenters. The molecule has 4 aromatic rings. The van der Waals surface area contributed by atoms with E-state index in [1.807, 2.05) is 36.4 Å². The predicted molar refractivity (Wildman–Crippen MR) is 174 cm³/mol. The van der Waals surface area contributed by atoms with Gasteiger partial charge >= 0.3 is 12.2 Å². The number of carbonyl (C=O) groups excluding carboxylic acids is 1. The summed E-state index contributed by atoms with van der Waals surface area (Å²) in [6.07, 6.45) is 4.16. The molecule has 1 aliphatic carbocycles. The maximum Gasteiger partial charge on any atom is 0.421 e. The number of anilines is 3. The van der Waals surface area contributed by atoms with E-state index in [1.54, 1.807) is 29.6 Å². The first-order chi connectivity index (χ1) is 23.5. The summed E-state index contributed by atoms with van der Waals surface area (Å²) < 4.78 is 60.6. The number of carbonyl (C=O) groups is 1. The number of methoxy groups -OCH3 is 1. The molecule has 49 heavy (non-hydrogen) atoms. The Kier molecular flexibility index (Phi) is 9.90. The monoisotopic (exact) mass is 680 g/mol. The van der Waals surface area contributed by atoms with Gasteiger partial charge in [-0.05, 0) is 49.8 Å². The van der Waals surface area contributed by atoms with E-state index in [0.29, 0.717) is 44.1 Å². The van der Waals surface area contributed by atoms with Gasteiger partial charge in [-0.1, -0.05) is 30.3 Å². The average molecular weight is 681 g/mol. The lowest BCUT2D eigenvalue weighted by Crippen LogP contribution is -2.61. The predicted octanol–water partition coefficient (Wildman–Crippen LogP) is 5.27. The number of ether oxygens (including phenoxy) is 1. The minimum absolute atomic E-state index is 0.00219. The first-order valence-corrected chi connectivity index (χ1v) is 16.0. The second-order valence-corrected chi connectivity index (χ2v) is 12.4. The number of hydrogen-bond donors (Lipinski definition) is 2. The molecule has 11 nitrogen and oxygen atoms in total. The number of pyridine rings is 1. The van der Waals surface area contributed by atoms with Crippen LogP contribution in [0.5, 0.6) is 6.01 Å². The van der Waals surface area contributed by atoms with Crippen LogP contribution in [0.25, 0.3) is 11.1 Å². The number of aliphatic hydroxyl groups is 1. The standard InChI is InChI=1S/C34H36F4N8O3/c1-49-32-41-16-24(17-42-32)23-8-13-28(39-15-23)46(29(48)14-7-22-5-3-2-4-6-22)26-11-9-25(10-12-26)43-31-40-18-27(34(36,37)38)30(44-31)45-19-33(35,20-45)21-47/h2-6,8,13,15-18,25-26,47H,7,9-12,14,19-21H2,1H3,(H,40,43,44). The van der Waals surface area contributed by atoms with Gasteiger partial charge in [-0.25, -0.2) is 24.3 Å². The average Bonchev–Trinajstić information content (AvgIpc) is 3.10. The van der Waals surface area contributed by atoms with Gasteiger partial charge in [-0.3, -0.25) is 9.69 Å². The van der Waals surface area contributed by atoms with E-state index in [0.717, 1.165) is 21.6 Å². The summed E-state index contributed by atoms with van der Waals surface area (Å²) in [4.78, 5) is 37.7. The molecule has 1 amide bonds. The van der Waals surface area contributed by atoms with Crippen molar-refractivity contribution in [1.82, 2.24) is 24.9 Å². The lowest BCUT2D eigenvalue weighted by Gasteiger charge is -2.44. The Morgan fingerprint density at radius 2 is 1.67 bits per heavy atom. The Bertz CT molecular complexity index is 1710. The van der Waals surface area contributed by atoms with Crippen LogP contribution in [0.15, 0.2) is 67.3 Å². The summed E-state index contributed by atoms with van der Waals surface area (Å²) in [5.41, 5.74) is -0.463. The Hall–Kier alpha value is -4.92. The number of nitrogens with one attached hydrogen (secondary N) is 1. The molecule has 0 atom stereocenters. The number of alkyl halides is 4. The fourth-order valence-corrected chi connectivity index (χ4v) is 6.24. The first kappa shape index (κ1) is 34.0. The van der Waals surface area contributed by atoms with E-state index < -0.39 is 42.9 Å². The van der Waals surface area contributed by atoms with Gasteiger partial charge in [0.15, 0.2) is 5.67 Å². The Labute approximate surface area is 280 Å². The Morgan fingerprint density at radius 3 is 2.29 bits per heavy atom. The van der Waals surface area contributed by atoms with Gasteiger partial charge in [-0.15, -0.1) is 0 Å². The number of amides is 1. The third kappa shape index (κ3) is 7.88. The third-order valence-electron chi connectivity index (χ3n) is 8.88. The molecule has 1 saturated heterocycles. The molecule has 15 heteroatoms. The van der Waals surface area contributed by atoms with Crippen molar-refractivity contribution in [2.45, 2.75) is 62.5 Å². The Morgan fingerprint density at radius 1 is 0.980 bits per heavy atom. The molecule has 258 valence electrons. The van der Waals surface area contributed by atoms with Crippen LogP contribution in [0.3, 0.4) is 0 Å². The number of hydrogen-bond acceptors (Lipinski definition) is 10. The van der Waals surface area contributed by atoms with Gasteiger partial charge in [0.25, 0.3) is 0 Å². The van der Waals surface area contributed by atoms with Gasteiger partial charge in [0.05, 0.1) is 26.8 Å². The number of halogens is 4. The number of nitrogens with zero attached hydrogens (tertiary/aromatic N) is 7. The van der Waals surface area contributed by atoms with Crippen molar-refractivity contribution in [3.63, 3.8) is 0 Å². The molecule has 2 aliphatic rings. The van der Waals surface area contributed by atoms with Crippen molar-refractivity contribution in [2.75, 3.05) is 41.9 Å². The minimum Gasteiger partial charge on any atom is -0.467 e. The van der Waals surface area contributed by atoms with Crippen LogP contribution in [-0.2, 0) is 17.4 Å². The molecule has 2 fully saturated rings. The highest BCUT2D eigenvalue weighted by molar-refractivity contribution is 5.93. The van der Waals surface area contributed by atoms with Crippen LogP contribution in [0.1, 0.15) is 43.2 Å². The van der Waals surface area contributed by atoms with Crippen molar-refractivity contribution in [2.24, 2.45) is 0 Å². The number of aliphatic hydroxyl groups excluding tert-OH is 1. The van der Waals surface area contributed by atoms with Crippen LogP contribution < -0.4 is 19.9 Å². The van der Waals surface area contributed by atoms with Gasteiger partial charge in [0.1, 0.15) is 17.2 Å². The quantitative estimate of drug-likeness (QED) is 0.202. The van der Waals surface area contributed by atoms with E-state index >= 15 is 0 Å². The smallest absolute Gasteiger partial charge is 0.421 e. The summed E-state index contributed by atoms with van der Waals surface area (Å²) in [5.74, 6) is 0.0313. The van der Waals surface area contributed by atoms with Crippen molar-refractivity contribution in [1.29, 1.82) is 0 Å². The minimum atomic E-state index is -4.73. The number of rotatable bonds is 11. The fourth-order valence-electron chi connectivity index (χ4n) is 6.24. The summed E-state index contributed by atoms with van der Waals surface area (Å²) in [6.45, 7) is -1.58. The molecule has 0 radical (unpaired) electrons. The van der Waals surface area contributed by atoms with Gasteiger partial charge in [-0.2, -0.15) is 18.2 Å². The van der Waals surface area contributed by atoms with E-state index in [1.165, 1.54) is 7.11 Å². The zero-order valence-corrected chi connectivity index (χ0v) is 26.8. The van der Waals surface area contributed by atoms with Gasteiger partial charge in [0.2, 0.25) is 11.9 Å². The van der Waals surface area contributed by atoms with Crippen LogP contribution in [0.2, 0.25) is 0 Å². The van der Waals surface area contributed by atoms with E-state index in [2.05, 4.69) is 30.2 Å². The molecule has 1 aromatic carbocycles. The number of benzene rings is 1. The lowest BCUT2D eigenvalue weighted by molar-refractivity contribution is -0.137. The van der Waals surface area contributed by atoms with Crippen LogP contribution in [0.4, 0.5) is 35.1 Å². The molecule has 1 saturated carbocycles. The SMILES string of the molecule is COc1ncc(-c2ccc(N(C(=O)CCc3ccccc3)C3CCC(Nc4ncc(C(F)(F)F)c(N5CC(F)(CO)C5)n4)CC3)nc2)cn1. The summed E-state index contributed by atoms with van der Waals surface area (Å²) in [6, 6.07) is 13.4. The summed E-state index contributed by atoms with van der Waals surface area (Å²) in [7, 11) is 1.49. The van der Waals surface area contributed by atoms with Crippen molar-refractivity contribution >= 4 is 23.5 Å². The molecule has 1 aliphatic heterocycles. The van der Waals surface area contributed by atoms with Gasteiger partial charge < -0.3 is 20.1 Å². The molecular weight excluding hydrogens is 644 g/mol. The molecule has 0 bridgehead atoms. The molecule has 0 spiro atoms. The largest absolute Gasteiger partial charge is 0.467 e. The second kappa shape index (κ2) is 14.3. The normalized spacial score (nSPS) is 18.8. The van der Waals surface area contributed by atoms with Crippen molar-refractivity contribution in [3.8, 4) is 17.1 Å². The molecule has 4 heterocycles. The van der Waals surface area contributed by atoms with Crippen LogP contribution in [-0.4, -0.2) is 80.5 Å². The lowest BCUT2D eigenvalue weighted by atomic mass is 9.89. The van der Waals surface area contributed by atoms with E-state index in [4.69, 9.17) is 4.74 Å². The second-order valence-electron chi connectivity index (χ2n) is 12.4. The van der Waals surface area contributed by atoms with E-state index in [9.17, 15) is 27.5 Å². The maximum atomic E-state index is 14.3. The summed E-state index contributed by atoms with van der Waals surface area (Å²) >= 11 is 0. The highest BCUT2D eigenvalue weighted by atomic mass is 19.4. The fraction of sp³-hybridized carbons (Fsp3) is 0.412. The van der Waals surface area contributed by atoms with Crippen LogP contribution >= 0.6 is 0 Å². The summed E-state index contributed by atoms with van der Waals surface area (Å²) in [5, 5.41) is 12.4. The van der Waals surface area contributed by atoms with Crippen LogP contribution in [0, 0.1) is 0 Å². The topological polar surface area (TPSA) is 129 Å². The zero-order chi connectivity index (χ0) is 34.6. The zero-order valence-electron chi connectivity index (χ0n) is 26.8. The van der Waals surface area contributed by atoms with E-state index in [-0.39, 0.29) is 36.4 Å². The number of aryl methyl sites for hydroxylation is 1. The highest BCUT2D eigenvalue weighted by Crippen LogP contribution is 2.40. The first-order valence-electron chi connectivity index (χ1n) is 16.0. The molecule has 2 N–H and O–H groups in total. The molecular formula is C34H36F4N8O3. The highest BCUT2D eigenvalue weighted by Gasteiger charge is 2.47.